The van der Waals surface area contributed by atoms with Crippen LogP contribution >= 0.6 is 27.7 Å². The molecule has 0 saturated heterocycles. The summed E-state index contributed by atoms with van der Waals surface area (Å²) in [6, 6.07) is 14.1. The molecular weight excluding hydrogens is 426 g/mol. The molecule has 2 aromatic rings. The molecule has 4 nitrogen and oxygen atoms in total. The molecule has 1 aliphatic carbocycles. The zero-order valence-electron chi connectivity index (χ0n) is 15.2. The Morgan fingerprint density at radius 3 is 2.89 bits per heavy atom. The van der Waals surface area contributed by atoms with Crippen molar-refractivity contribution in [3.63, 3.8) is 0 Å². The zero-order chi connectivity index (χ0) is 19.2. The Kier molecular flexibility index (Phi) is 6.96. The average molecular weight is 448 g/mol. The summed E-state index contributed by atoms with van der Waals surface area (Å²) in [5.41, 5.74) is 3.55. The molecule has 1 aliphatic rings. The Hall–Kier alpha value is -1.79. The van der Waals surface area contributed by atoms with Gasteiger partial charge in [0, 0.05) is 9.37 Å². The second kappa shape index (κ2) is 9.42. The van der Waals surface area contributed by atoms with Gasteiger partial charge < -0.3 is 10.1 Å². The largest absolute Gasteiger partial charge is 0.455 e. The van der Waals surface area contributed by atoms with Crippen molar-refractivity contribution < 1.29 is 14.3 Å². The minimum absolute atomic E-state index is 0.000872. The highest BCUT2D eigenvalue weighted by Gasteiger charge is 2.21. The minimum Gasteiger partial charge on any atom is -0.455 e. The van der Waals surface area contributed by atoms with E-state index in [9.17, 15) is 9.59 Å². The second-order valence-electron chi connectivity index (χ2n) is 6.57. The summed E-state index contributed by atoms with van der Waals surface area (Å²) in [5.74, 6) is -0.460. The molecule has 2 aromatic carbocycles. The molecule has 0 spiro atoms. The van der Waals surface area contributed by atoms with E-state index in [1.165, 1.54) is 22.9 Å². The van der Waals surface area contributed by atoms with Crippen LogP contribution in [0.2, 0.25) is 0 Å². The van der Waals surface area contributed by atoms with Gasteiger partial charge in [0.2, 0.25) is 0 Å². The van der Waals surface area contributed by atoms with Gasteiger partial charge in [0.1, 0.15) is 0 Å². The summed E-state index contributed by atoms with van der Waals surface area (Å²) < 4.78 is 6.14. The lowest BCUT2D eigenvalue weighted by molar-refractivity contribution is -0.146. The molecule has 0 bridgehead atoms. The van der Waals surface area contributed by atoms with Crippen LogP contribution in [0.3, 0.4) is 0 Å². The predicted octanol–water partition coefficient (Wildman–Crippen LogP) is 4.59. The monoisotopic (exact) mass is 447 g/mol. The lowest BCUT2D eigenvalue weighted by atomic mass is 9.88. The molecular formula is C21H22BrNO3S. The van der Waals surface area contributed by atoms with Gasteiger partial charge in [-0.15, -0.1) is 11.8 Å². The van der Waals surface area contributed by atoms with Gasteiger partial charge in [-0.05, 0) is 61.1 Å². The van der Waals surface area contributed by atoms with Gasteiger partial charge in [0.05, 0.1) is 11.8 Å². The number of halogens is 1. The van der Waals surface area contributed by atoms with Crippen LogP contribution in [-0.2, 0) is 20.7 Å². The number of hydrogen-bond donors (Lipinski definition) is 1. The molecule has 0 heterocycles. The van der Waals surface area contributed by atoms with Crippen LogP contribution in [0.15, 0.2) is 51.8 Å². The molecule has 6 heteroatoms. The van der Waals surface area contributed by atoms with E-state index in [1.54, 1.807) is 0 Å². The summed E-state index contributed by atoms with van der Waals surface area (Å²) in [6.45, 7) is 1.76. The Morgan fingerprint density at radius 2 is 2.07 bits per heavy atom. The van der Waals surface area contributed by atoms with Crippen molar-refractivity contribution in [2.45, 2.75) is 37.1 Å². The third-order valence-corrected chi connectivity index (χ3v) is 6.19. The SMILES string of the molecule is Cc1cc(Br)ccc1SCC(=O)OCC(=O)NC1CCCc2ccccc21. The fraction of sp³-hybridized carbons (Fsp3) is 0.333. The first kappa shape index (κ1) is 20.0. The van der Waals surface area contributed by atoms with E-state index in [1.807, 2.05) is 37.3 Å². The third kappa shape index (κ3) is 5.59. The number of amides is 1. The van der Waals surface area contributed by atoms with Gasteiger partial charge in [-0.2, -0.15) is 0 Å². The molecule has 1 amide bonds. The maximum absolute atomic E-state index is 12.2. The number of thioether (sulfide) groups is 1. The second-order valence-corrected chi connectivity index (χ2v) is 8.50. The molecule has 3 rings (SSSR count). The van der Waals surface area contributed by atoms with E-state index < -0.39 is 0 Å². The van der Waals surface area contributed by atoms with E-state index in [0.717, 1.165) is 34.2 Å². The maximum Gasteiger partial charge on any atom is 0.316 e. The van der Waals surface area contributed by atoms with Gasteiger partial charge in [0.15, 0.2) is 6.61 Å². The van der Waals surface area contributed by atoms with Crippen LogP contribution < -0.4 is 5.32 Å². The van der Waals surface area contributed by atoms with Gasteiger partial charge >= 0.3 is 5.97 Å². The molecule has 0 radical (unpaired) electrons. The summed E-state index contributed by atoms with van der Waals surface area (Å²) in [4.78, 5) is 25.2. The Morgan fingerprint density at radius 1 is 1.26 bits per heavy atom. The number of carbonyl (C=O) groups is 2. The Bertz CT molecular complexity index is 840. The fourth-order valence-corrected chi connectivity index (χ4v) is 4.52. The van der Waals surface area contributed by atoms with Crippen LogP contribution in [0.4, 0.5) is 0 Å². The third-order valence-electron chi connectivity index (χ3n) is 4.55. The quantitative estimate of drug-likeness (QED) is 0.519. The standard InChI is InChI=1S/C21H22BrNO3S/c1-14-11-16(22)9-10-19(14)27-13-21(25)26-12-20(24)23-18-8-4-6-15-5-2-3-7-17(15)18/h2-3,5,7,9-11,18H,4,6,8,12-13H2,1H3,(H,23,24). The van der Waals surface area contributed by atoms with Crippen LogP contribution in [0.1, 0.15) is 35.6 Å². The van der Waals surface area contributed by atoms with Crippen LogP contribution in [0.25, 0.3) is 0 Å². The number of aryl methyl sites for hydroxylation is 2. The van der Waals surface area contributed by atoms with E-state index in [2.05, 4.69) is 33.4 Å². The summed E-state index contributed by atoms with van der Waals surface area (Å²) >= 11 is 4.84. The molecule has 1 N–H and O–H groups in total. The highest BCUT2D eigenvalue weighted by atomic mass is 79.9. The van der Waals surface area contributed by atoms with Crippen molar-refractivity contribution in [3.05, 3.63) is 63.6 Å². The maximum atomic E-state index is 12.2. The number of benzene rings is 2. The van der Waals surface area contributed by atoms with Gasteiger partial charge in [-0.25, -0.2) is 0 Å². The van der Waals surface area contributed by atoms with Crippen molar-refractivity contribution in [3.8, 4) is 0 Å². The molecule has 27 heavy (non-hydrogen) atoms. The Balaban J connectivity index is 1.45. The fourth-order valence-electron chi connectivity index (χ4n) is 3.24. The molecule has 142 valence electrons. The van der Waals surface area contributed by atoms with E-state index in [4.69, 9.17) is 4.74 Å². The number of nitrogens with one attached hydrogen (secondary N) is 1. The highest BCUT2D eigenvalue weighted by Crippen LogP contribution is 2.29. The number of fused-ring (bicyclic) bond motifs is 1. The summed E-state index contributed by atoms with van der Waals surface area (Å²) in [6.07, 6.45) is 3.00. The summed E-state index contributed by atoms with van der Waals surface area (Å²) in [5, 5.41) is 2.99. The number of hydrogen-bond acceptors (Lipinski definition) is 4. The van der Waals surface area contributed by atoms with E-state index in [-0.39, 0.29) is 30.3 Å². The number of esters is 1. The predicted molar refractivity (Wildman–Crippen MR) is 111 cm³/mol. The van der Waals surface area contributed by atoms with Crippen molar-refractivity contribution in [1.29, 1.82) is 0 Å². The number of ether oxygens (including phenoxy) is 1. The zero-order valence-corrected chi connectivity index (χ0v) is 17.6. The summed E-state index contributed by atoms with van der Waals surface area (Å²) in [7, 11) is 0. The number of rotatable bonds is 6. The molecule has 0 saturated carbocycles. The molecule has 0 aliphatic heterocycles. The molecule has 1 atom stereocenters. The number of carbonyl (C=O) groups excluding carboxylic acids is 2. The molecule has 1 unspecified atom stereocenters. The smallest absolute Gasteiger partial charge is 0.316 e. The van der Waals surface area contributed by atoms with Crippen LogP contribution in [-0.4, -0.2) is 24.2 Å². The van der Waals surface area contributed by atoms with E-state index in [0.29, 0.717) is 0 Å². The normalized spacial score (nSPS) is 15.7. The van der Waals surface area contributed by atoms with Gasteiger partial charge in [-0.1, -0.05) is 40.2 Å². The van der Waals surface area contributed by atoms with Crippen molar-refractivity contribution in [2.24, 2.45) is 0 Å². The first-order valence-electron chi connectivity index (χ1n) is 8.94. The highest BCUT2D eigenvalue weighted by molar-refractivity contribution is 9.10. The lowest BCUT2D eigenvalue weighted by Gasteiger charge is -2.26. The van der Waals surface area contributed by atoms with Crippen molar-refractivity contribution >= 4 is 39.6 Å². The van der Waals surface area contributed by atoms with E-state index >= 15 is 0 Å². The topological polar surface area (TPSA) is 55.4 Å². The van der Waals surface area contributed by atoms with Crippen LogP contribution in [0, 0.1) is 6.92 Å². The van der Waals surface area contributed by atoms with Crippen molar-refractivity contribution in [2.75, 3.05) is 12.4 Å². The van der Waals surface area contributed by atoms with Gasteiger partial charge in [0.25, 0.3) is 5.91 Å². The minimum atomic E-state index is -0.387. The van der Waals surface area contributed by atoms with Crippen molar-refractivity contribution in [1.82, 2.24) is 5.32 Å². The Labute approximate surface area is 172 Å². The lowest BCUT2D eigenvalue weighted by Crippen LogP contribution is -2.34. The first-order valence-corrected chi connectivity index (χ1v) is 10.7. The average Bonchev–Trinajstić information content (AvgIpc) is 2.66. The first-order chi connectivity index (χ1) is 13.0. The molecule has 0 fully saturated rings. The van der Waals surface area contributed by atoms with Crippen LogP contribution in [0.5, 0.6) is 0 Å². The van der Waals surface area contributed by atoms with Gasteiger partial charge in [-0.3, -0.25) is 9.59 Å². The molecule has 0 aromatic heterocycles.